The molecule has 1 fully saturated rings. The number of rotatable bonds is 10. The molecule has 1 aliphatic rings. The Morgan fingerprint density at radius 2 is 1.69 bits per heavy atom. The van der Waals surface area contributed by atoms with Crippen molar-refractivity contribution >= 4 is 11.8 Å². The van der Waals surface area contributed by atoms with Gasteiger partial charge in [0.25, 0.3) is 0 Å². The molecule has 0 radical (unpaired) electrons. The van der Waals surface area contributed by atoms with Crippen LogP contribution in [0.5, 0.6) is 0 Å². The van der Waals surface area contributed by atoms with E-state index in [9.17, 15) is 4.79 Å². The summed E-state index contributed by atoms with van der Waals surface area (Å²) in [5, 5.41) is 2.96. The summed E-state index contributed by atoms with van der Waals surface area (Å²) < 4.78 is 6.86. The van der Waals surface area contributed by atoms with Crippen molar-refractivity contribution in [3.63, 3.8) is 0 Å². The highest BCUT2D eigenvalue weighted by atomic mass is 16.6. The number of carbonyl (C=O) groups is 1. The van der Waals surface area contributed by atoms with Gasteiger partial charge >= 0.3 is 6.09 Å². The van der Waals surface area contributed by atoms with Crippen molar-refractivity contribution in [3.8, 4) is 11.1 Å². The summed E-state index contributed by atoms with van der Waals surface area (Å²) in [5.74, 6) is 0. The molecule has 2 aromatic carbocycles. The van der Waals surface area contributed by atoms with E-state index in [0.717, 1.165) is 53.8 Å². The molecule has 0 bridgehead atoms. The Labute approximate surface area is 194 Å². The number of benzene rings is 2. The first-order valence-corrected chi connectivity index (χ1v) is 12.1. The average molecular weight is 439 g/mol. The fourth-order valence-electron chi connectivity index (χ4n) is 4.21. The average Bonchev–Trinajstić information content (AvgIpc) is 2.81. The van der Waals surface area contributed by atoms with Crippen LogP contribution in [0.2, 0.25) is 0 Å². The van der Waals surface area contributed by atoms with E-state index in [1.165, 1.54) is 32.4 Å². The monoisotopic (exact) mass is 438 g/mol. The predicted molar refractivity (Wildman–Crippen MR) is 133 cm³/mol. The van der Waals surface area contributed by atoms with Gasteiger partial charge in [-0.3, -0.25) is 5.32 Å². The van der Waals surface area contributed by atoms with Crippen molar-refractivity contribution in [2.75, 3.05) is 52.1 Å². The molecular formula is C27H40N3O2+. The van der Waals surface area contributed by atoms with Gasteiger partial charge in [-0.1, -0.05) is 48.5 Å². The van der Waals surface area contributed by atoms with Crippen LogP contribution in [0.1, 0.15) is 39.0 Å². The van der Waals surface area contributed by atoms with Crippen molar-refractivity contribution in [3.05, 3.63) is 54.6 Å². The number of hydrogen-bond donors (Lipinski definition) is 1. The van der Waals surface area contributed by atoms with Crippen molar-refractivity contribution in [1.29, 1.82) is 0 Å². The quantitative estimate of drug-likeness (QED) is 0.386. The number of carbonyl (C=O) groups excluding carboxylic acids is 1. The molecule has 174 valence electrons. The Kier molecular flexibility index (Phi) is 9.12. The first-order valence-electron chi connectivity index (χ1n) is 12.1. The van der Waals surface area contributed by atoms with Gasteiger partial charge in [-0.05, 0) is 57.2 Å². The standard InChI is InChI=1S/C27H39N3O2/c1-4-30(2,3)22-12-6-11-19-29-20-17-24(18-21-29)32-27(31)28-26-16-10-9-15-25(26)23-13-7-5-8-14-23/h5,7-10,13-16,24H,4,6,11-12,17-22H2,1-3H3/p+1. The molecule has 0 aliphatic carbocycles. The summed E-state index contributed by atoms with van der Waals surface area (Å²) in [7, 11) is 4.61. The second-order valence-corrected chi connectivity index (χ2v) is 9.52. The number of ether oxygens (including phenoxy) is 1. The van der Waals surface area contributed by atoms with Gasteiger partial charge in [0.05, 0.1) is 32.9 Å². The molecule has 0 aromatic heterocycles. The molecule has 0 atom stereocenters. The lowest BCUT2D eigenvalue weighted by atomic mass is 10.0. The van der Waals surface area contributed by atoms with Crippen LogP contribution in [0.3, 0.4) is 0 Å². The lowest BCUT2D eigenvalue weighted by Gasteiger charge is -2.32. The maximum atomic E-state index is 12.5. The molecule has 1 amide bonds. The van der Waals surface area contributed by atoms with E-state index in [0.29, 0.717) is 0 Å². The highest BCUT2D eigenvalue weighted by Crippen LogP contribution is 2.28. The summed E-state index contributed by atoms with van der Waals surface area (Å²) in [6, 6.07) is 18.0. The smallest absolute Gasteiger partial charge is 0.411 e. The minimum absolute atomic E-state index is 0.00205. The largest absolute Gasteiger partial charge is 0.446 e. The molecule has 3 rings (SSSR count). The van der Waals surface area contributed by atoms with Gasteiger partial charge in [-0.15, -0.1) is 0 Å². The van der Waals surface area contributed by atoms with Crippen LogP contribution in [0.4, 0.5) is 10.5 Å². The van der Waals surface area contributed by atoms with Gasteiger partial charge in [0.1, 0.15) is 6.10 Å². The fraction of sp³-hybridized carbons (Fsp3) is 0.519. The van der Waals surface area contributed by atoms with E-state index >= 15 is 0 Å². The summed E-state index contributed by atoms with van der Waals surface area (Å²) in [4.78, 5) is 15.1. The third-order valence-electron chi connectivity index (χ3n) is 6.65. The minimum Gasteiger partial charge on any atom is -0.446 e. The second kappa shape index (κ2) is 12.0. The Morgan fingerprint density at radius 1 is 1.00 bits per heavy atom. The molecular weight excluding hydrogens is 398 g/mol. The molecule has 32 heavy (non-hydrogen) atoms. The van der Waals surface area contributed by atoms with Gasteiger partial charge in [0.15, 0.2) is 0 Å². The third-order valence-corrected chi connectivity index (χ3v) is 6.65. The van der Waals surface area contributed by atoms with E-state index in [2.05, 4.69) is 31.2 Å². The van der Waals surface area contributed by atoms with Crippen molar-refractivity contribution in [2.24, 2.45) is 0 Å². The molecule has 1 heterocycles. The molecule has 5 heteroatoms. The van der Waals surface area contributed by atoms with E-state index in [1.54, 1.807) is 0 Å². The number of para-hydroxylation sites is 1. The van der Waals surface area contributed by atoms with Gasteiger partial charge < -0.3 is 14.1 Å². The Balaban J connectivity index is 1.38. The maximum absolute atomic E-state index is 12.5. The minimum atomic E-state index is -0.358. The van der Waals surface area contributed by atoms with Crippen molar-refractivity contribution in [1.82, 2.24) is 4.90 Å². The normalized spacial score (nSPS) is 15.5. The highest BCUT2D eigenvalue weighted by molar-refractivity contribution is 5.91. The molecule has 1 saturated heterocycles. The van der Waals surface area contributed by atoms with Crippen LogP contribution in [0, 0.1) is 0 Å². The second-order valence-electron chi connectivity index (χ2n) is 9.52. The molecule has 5 nitrogen and oxygen atoms in total. The number of nitrogens with one attached hydrogen (secondary N) is 1. The van der Waals surface area contributed by atoms with E-state index in [1.807, 2.05) is 54.6 Å². The number of quaternary nitrogens is 1. The summed E-state index contributed by atoms with van der Waals surface area (Å²) >= 11 is 0. The van der Waals surface area contributed by atoms with Crippen molar-refractivity contribution in [2.45, 2.75) is 45.1 Å². The van der Waals surface area contributed by atoms with Crippen molar-refractivity contribution < 1.29 is 14.0 Å². The zero-order chi connectivity index (χ0) is 22.8. The zero-order valence-electron chi connectivity index (χ0n) is 20.1. The van der Waals surface area contributed by atoms with Crippen LogP contribution >= 0.6 is 0 Å². The van der Waals surface area contributed by atoms with E-state index in [4.69, 9.17) is 4.74 Å². The van der Waals surface area contributed by atoms with Crippen LogP contribution in [-0.2, 0) is 4.74 Å². The Bertz CT molecular complexity index is 830. The topological polar surface area (TPSA) is 41.6 Å². The van der Waals surface area contributed by atoms with Gasteiger partial charge in [-0.2, -0.15) is 0 Å². The lowest BCUT2D eigenvalue weighted by Crippen LogP contribution is -2.40. The predicted octanol–water partition coefficient (Wildman–Crippen LogP) is 5.63. The number of likely N-dealkylation sites (tertiary alicyclic amines) is 1. The Hall–Kier alpha value is -2.37. The first kappa shape index (κ1) is 24.3. The number of unbranched alkanes of at least 4 members (excludes halogenated alkanes) is 2. The van der Waals surface area contributed by atoms with Gasteiger partial charge in [0.2, 0.25) is 0 Å². The maximum Gasteiger partial charge on any atom is 0.411 e. The summed E-state index contributed by atoms with van der Waals surface area (Å²) in [5.41, 5.74) is 2.86. The lowest BCUT2D eigenvalue weighted by molar-refractivity contribution is -0.888. The van der Waals surface area contributed by atoms with Crippen LogP contribution in [0.25, 0.3) is 11.1 Å². The van der Waals surface area contributed by atoms with Crippen LogP contribution in [0.15, 0.2) is 54.6 Å². The molecule has 0 spiro atoms. The molecule has 2 aromatic rings. The first-order chi connectivity index (χ1) is 15.5. The molecule has 0 saturated carbocycles. The number of amides is 1. The van der Waals surface area contributed by atoms with Crippen LogP contribution < -0.4 is 5.32 Å². The van der Waals surface area contributed by atoms with E-state index < -0.39 is 0 Å². The Morgan fingerprint density at radius 3 is 2.41 bits per heavy atom. The third kappa shape index (κ3) is 7.64. The van der Waals surface area contributed by atoms with E-state index in [-0.39, 0.29) is 12.2 Å². The highest BCUT2D eigenvalue weighted by Gasteiger charge is 2.22. The summed E-state index contributed by atoms with van der Waals surface area (Å²) in [6.07, 6.45) is 5.31. The van der Waals surface area contributed by atoms with Gasteiger partial charge in [-0.25, -0.2) is 4.79 Å². The number of anilines is 1. The number of hydrogen-bond acceptors (Lipinski definition) is 3. The number of nitrogens with zero attached hydrogens (tertiary/aromatic N) is 2. The zero-order valence-corrected chi connectivity index (χ0v) is 20.1. The van der Waals surface area contributed by atoms with Crippen LogP contribution in [-0.4, -0.2) is 68.4 Å². The number of piperidine rings is 1. The SMILES string of the molecule is CC[N+](C)(C)CCCCCN1CCC(OC(=O)Nc2ccccc2-c2ccccc2)CC1. The molecule has 1 aliphatic heterocycles. The fourth-order valence-corrected chi connectivity index (χ4v) is 4.21. The summed E-state index contributed by atoms with van der Waals surface area (Å²) in [6.45, 7) is 7.88. The molecule has 0 unspecified atom stereocenters. The molecule has 1 N–H and O–H groups in total. The van der Waals surface area contributed by atoms with Gasteiger partial charge in [0, 0.05) is 18.7 Å².